The number of piperidine rings is 1. The van der Waals surface area contributed by atoms with Crippen LogP contribution in [0.2, 0.25) is 0 Å². The van der Waals surface area contributed by atoms with Crippen molar-refractivity contribution in [1.29, 1.82) is 0 Å². The molecule has 1 aromatic heterocycles. The molecule has 0 saturated carbocycles. The molecule has 3 rings (SSSR count). The minimum absolute atomic E-state index is 0.322. The van der Waals surface area contributed by atoms with Gasteiger partial charge in [0.2, 0.25) is 10.0 Å². The number of nitrogens with one attached hydrogen (secondary N) is 1. The summed E-state index contributed by atoms with van der Waals surface area (Å²) in [5.74, 6) is 2.35. The number of hydrogen-bond donors (Lipinski definition) is 1. The first-order valence-corrected chi connectivity index (χ1v) is 9.12. The first-order valence-electron chi connectivity index (χ1n) is 7.62. The van der Waals surface area contributed by atoms with E-state index in [2.05, 4.69) is 20.1 Å². The molecule has 0 bridgehead atoms. The van der Waals surface area contributed by atoms with Crippen molar-refractivity contribution in [2.75, 3.05) is 19.6 Å². The maximum absolute atomic E-state index is 12.2. The molecule has 0 atom stereocenters. The number of hydrogen-bond acceptors (Lipinski definition) is 5. The van der Waals surface area contributed by atoms with Crippen molar-refractivity contribution < 1.29 is 8.42 Å². The molecule has 2 aliphatic rings. The molecule has 21 heavy (non-hydrogen) atoms. The van der Waals surface area contributed by atoms with Crippen molar-refractivity contribution in [2.45, 2.75) is 50.9 Å². The van der Waals surface area contributed by atoms with Gasteiger partial charge in [-0.1, -0.05) is 0 Å². The van der Waals surface area contributed by atoms with E-state index in [0.29, 0.717) is 19.0 Å². The minimum atomic E-state index is -3.13. The molecule has 0 spiro atoms. The van der Waals surface area contributed by atoms with Gasteiger partial charge in [0.1, 0.15) is 11.6 Å². The van der Waals surface area contributed by atoms with E-state index in [1.807, 2.05) is 0 Å². The second kappa shape index (κ2) is 5.66. The summed E-state index contributed by atoms with van der Waals surface area (Å²) in [6, 6.07) is 0. The van der Waals surface area contributed by atoms with Crippen LogP contribution in [0, 0.1) is 0 Å². The fourth-order valence-electron chi connectivity index (χ4n) is 3.08. The van der Waals surface area contributed by atoms with Gasteiger partial charge in [-0.2, -0.15) is 0 Å². The van der Waals surface area contributed by atoms with E-state index in [4.69, 9.17) is 0 Å². The van der Waals surface area contributed by atoms with Crippen LogP contribution >= 0.6 is 0 Å². The zero-order valence-electron chi connectivity index (χ0n) is 12.6. The molecule has 0 radical (unpaired) electrons. The van der Waals surface area contributed by atoms with E-state index in [9.17, 15) is 8.42 Å². The van der Waals surface area contributed by atoms with Gasteiger partial charge in [0.05, 0.1) is 11.8 Å². The minimum Gasteiger partial charge on any atom is -0.312 e. The second-order valence-corrected chi connectivity index (χ2v) is 8.56. The van der Waals surface area contributed by atoms with E-state index in [1.54, 1.807) is 18.2 Å². The van der Waals surface area contributed by atoms with Crippen molar-refractivity contribution in [3.63, 3.8) is 0 Å². The van der Waals surface area contributed by atoms with E-state index in [1.165, 1.54) is 0 Å². The van der Waals surface area contributed by atoms with Crippen LogP contribution in [0.5, 0.6) is 0 Å². The lowest BCUT2D eigenvalue weighted by molar-refractivity contribution is 0.305. The molecule has 7 nitrogen and oxygen atoms in total. The van der Waals surface area contributed by atoms with Gasteiger partial charge in [-0.3, -0.25) is 0 Å². The summed E-state index contributed by atoms with van der Waals surface area (Å²) in [7, 11) is -3.13. The number of rotatable bonds is 3. The lowest BCUT2D eigenvalue weighted by Crippen LogP contribution is -2.42. The summed E-state index contributed by atoms with van der Waals surface area (Å²) in [6.45, 7) is 7.28. The zero-order valence-corrected chi connectivity index (χ0v) is 13.4. The molecule has 118 valence electrons. The SMILES string of the molecule is CC(C)S(=O)(=O)N1CCC(c2nnc3n2CCNC3)CC1. The van der Waals surface area contributed by atoms with E-state index < -0.39 is 10.0 Å². The Labute approximate surface area is 125 Å². The van der Waals surface area contributed by atoms with Crippen LogP contribution < -0.4 is 5.32 Å². The molecule has 3 heterocycles. The topological polar surface area (TPSA) is 80.1 Å². The van der Waals surface area contributed by atoms with Crippen LogP contribution in [0.4, 0.5) is 0 Å². The largest absolute Gasteiger partial charge is 0.312 e. The highest BCUT2D eigenvalue weighted by Crippen LogP contribution is 2.29. The summed E-state index contributed by atoms with van der Waals surface area (Å²) in [5, 5.41) is 11.5. The van der Waals surface area contributed by atoms with Crippen LogP contribution in [0.1, 0.15) is 44.3 Å². The Morgan fingerprint density at radius 2 is 1.90 bits per heavy atom. The van der Waals surface area contributed by atoms with Gasteiger partial charge in [0.25, 0.3) is 0 Å². The van der Waals surface area contributed by atoms with Crippen molar-refractivity contribution in [1.82, 2.24) is 24.4 Å². The van der Waals surface area contributed by atoms with Crippen LogP contribution in [0.3, 0.4) is 0 Å². The summed E-state index contributed by atoms with van der Waals surface area (Å²) < 4.78 is 28.2. The predicted octanol–water partition coefficient (Wildman–Crippen LogP) is 0.299. The van der Waals surface area contributed by atoms with E-state index in [-0.39, 0.29) is 5.25 Å². The van der Waals surface area contributed by atoms with Crippen molar-refractivity contribution in [3.8, 4) is 0 Å². The predicted molar refractivity (Wildman–Crippen MR) is 79.3 cm³/mol. The third kappa shape index (κ3) is 2.72. The highest BCUT2D eigenvalue weighted by Gasteiger charge is 2.33. The molecule has 1 aromatic rings. The number of sulfonamides is 1. The van der Waals surface area contributed by atoms with Gasteiger partial charge in [0, 0.05) is 32.1 Å². The van der Waals surface area contributed by atoms with Gasteiger partial charge in [-0.05, 0) is 26.7 Å². The summed E-state index contributed by atoms with van der Waals surface area (Å²) >= 11 is 0. The monoisotopic (exact) mass is 313 g/mol. The lowest BCUT2D eigenvalue weighted by atomic mass is 9.97. The Hall–Kier alpha value is -0.990. The summed E-state index contributed by atoms with van der Waals surface area (Å²) in [5.41, 5.74) is 0. The zero-order chi connectivity index (χ0) is 15.0. The third-order valence-electron chi connectivity index (χ3n) is 4.43. The highest BCUT2D eigenvalue weighted by molar-refractivity contribution is 7.89. The van der Waals surface area contributed by atoms with Crippen molar-refractivity contribution in [3.05, 3.63) is 11.6 Å². The first kappa shape index (κ1) is 14.9. The number of aromatic nitrogens is 3. The molecule has 2 aliphatic heterocycles. The van der Waals surface area contributed by atoms with Crippen LogP contribution in [-0.2, 0) is 23.1 Å². The van der Waals surface area contributed by atoms with Gasteiger partial charge < -0.3 is 9.88 Å². The normalized spacial score (nSPS) is 21.7. The molecule has 1 N–H and O–H groups in total. The second-order valence-electron chi connectivity index (χ2n) is 6.07. The molecular formula is C13H23N5O2S. The highest BCUT2D eigenvalue weighted by atomic mass is 32.2. The number of nitrogens with zero attached hydrogens (tertiary/aromatic N) is 4. The molecule has 8 heteroatoms. The third-order valence-corrected chi connectivity index (χ3v) is 6.70. The fourth-order valence-corrected chi connectivity index (χ4v) is 4.40. The molecule has 0 amide bonds. The maximum atomic E-state index is 12.2. The van der Waals surface area contributed by atoms with Crippen LogP contribution in [0.15, 0.2) is 0 Å². The van der Waals surface area contributed by atoms with Gasteiger partial charge in [-0.15, -0.1) is 10.2 Å². The van der Waals surface area contributed by atoms with Crippen LogP contribution in [0.25, 0.3) is 0 Å². The van der Waals surface area contributed by atoms with Crippen molar-refractivity contribution in [2.24, 2.45) is 0 Å². The standard InChI is InChI=1S/C13H23N5O2S/c1-10(2)21(19,20)17-6-3-11(4-7-17)13-16-15-12-9-14-5-8-18(12)13/h10-11,14H,3-9H2,1-2H3. The van der Waals surface area contributed by atoms with Gasteiger partial charge in [-0.25, -0.2) is 12.7 Å². The number of fused-ring (bicyclic) bond motifs is 1. The maximum Gasteiger partial charge on any atom is 0.216 e. The van der Waals surface area contributed by atoms with Gasteiger partial charge >= 0.3 is 0 Å². The smallest absolute Gasteiger partial charge is 0.216 e. The van der Waals surface area contributed by atoms with E-state index >= 15 is 0 Å². The average Bonchev–Trinajstić information content (AvgIpc) is 2.91. The summed E-state index contributed by atoms with van der Waals surface area (Å²) in [6.07, 6.45) is 1.66. The quantitative estimate of drug-likeness (QED) is 0.868. The molecule has 0 aliphatic carbocycles. The Bertz CT molecular complexity index is 602. The Kier molecular flexibility index (Phi) is 4.02. The Morgan fingerprint density at radius 1 is 1.19 bits per heavy atom. The molecule has 1 fully saturated rings. The van der Waals surface area contributed by atoms with E-state index in [0.717, 1.165) is 44.1 Å². The van der Waals surface area contributed by atoms with Gasteiger partial charge in [0.15, 0.2) is 0 Å². The molecular weight excluding hydrogens is 290 g/mol. The van der Waals surface area contributed by atoms with Crippen LogP contribution in [-0.4, -0.2) is 52.4 Å². The lowest BCUT2D eigenvalue weighted by Gasteiger charge is -2.32. The molecule has 1 saturated heterocycles. The molecule has 0 aromatic carbocycles. The first-order chi connectivity index (χ1) is 10.00. The molecule has 0 unspecified atom stereocenters. The Morgan fingerprint density at radius 3 is 2.57 bits per heavy atom. The average molecular weight is 313 g/mol. The summed E-state index contributed by atoms with van der Waals surface area (Å²) in [4.78, 5) is 0. The fraction of sp³-hybridized carbons (Fsp3) is 0.846. The Balaban J connectivity index is 1.71. The van der Waals surface area contributed by atoms with Crippen molar-refractivity contribution >= 4 is 10.0 Å².